The molecule has 1 fully saturated rings. The first-order valence-corrected chi connectivity index (χ1v) is 9.82. The second kappa shape index (κ2) is 8.59. The molecule has 1 aliphatic heterocycles. The number of nitrogens with one attached hydrogen (secondary N) is 1. The number of hydrogen-bond donors (Lipinski definition) is 1. The van der Waals surface area contributed by atoms with E-state index in [-0.39, 0.29) is 5.91 Å². The Balaban J connectivity index is 1.50. The van der Waals surface area contributed by atoms with Gasteiger partial charge in [-0.3, -0.25) is 4.79 Å². The number of nitrogens with zero attached hydrogens (tertiary/aromatic N) is 3. The Hall–Kier alpha value is -2.96. The van der Waals surface area contributed by atoms with Crippen LogP contribution in [0.15, 0.2) is 54.6 Å². The smallest absolute Gasteiger partial charge is 0.254 e. The normalized spacial score (nSPS) is 13.9. The van der Waals surface area contributed by atoms with Gasteiger partial charge in [-0.15, -0.1) is 0 Å². The monoisotopic (exact) mass is 408 g/mol. The lowest BCUT2D eigenvalue weighted by Gasteiger charge is -2.26. The molecule has 0 radical (unpaired) electrons. The highest BCUT2D eigenvalue weighted by Gasteiger charge is 2.18. The number of rotatable bonds is 4. The second-order valence-corrected chi connectivity index (χ2v) is 7.27. The number of morpholine rings is 1. The Bertz CT molecular complexity index is 1000. The van der Waals surface area contributed by atoms with Gasteiger partial charge in [0.15, 0.2) is 5.82 Å². The third-order valence-electron chi connectivity index (χ3n) is 4.66. The lowest BCUT2D eigenvalue weighted by molar-refractivity contribution is 0.0303. The van der Waals surface area contributed by atoms with Crippen LogP contribution in [-0.2, 0) is 4.74 Å². The summed E-state index contributed by atoms with van der Waals surface area (Å²) in [7, 11) is 0. The van der Waals surface area contributed by atoms with Crippen LogP contribution in [0.5, 0.6) is 0 Å². The zero-order chi connectivity index (χ0) is 20.2. The molecular weight excluding hydrogens is 388 g/mol. The van der Waals surface area contributed by atoms with E-state index in [1.807, 2.05) is 66.4 Å². The number of carbonyl (C=O) groups excluding carboxylic acids is 1. The predicted molar refractivity (Wildman–Crippen MR) is 114 cm³/mol. The van der Waals surface area contributed by atoms with E-state index in [0.29, 0.717) is 48.5 Å². The zero-order valence-electron chi connectivity index (χ0n) is 16.1. The third kappa shape index (κ3) is 4.72. The number of ether oxygens (including phenoxy) is 1. The zero-order valence-corrected chi connectivity index (χ0v) is 16.8. The lowest BCUT2D eigenvalue weighted by Crippen LogP contribution is -2.40. The number of aryl methyl sites for hydroxylation is 1. The van der Waals surface area contributed by atoms with Crippen LogP contribution in [0.1, 0.15) is 16.1 Å². The minimum absolute atomic E-state index is 0.0303. The van der Waals surface area contributed by atoms with Crippen molar-refractivity contribution in [1.29, 1.82) is 0 Å². The third-order valence-corrected chi connectivity index (χ3v) is 4.91. The molecule has 0 spiro atoms. The molecule has 7 heteroatoms. The van der Waals surface area contributed by atoms with Gasteiger partial charge in [-0.05, 0) is 55.5 Å². The maximum absolute atomic E-state index is 12.6. The van der Waals surface area contributed by atoms with E-state index >= 15 is 0 Å². The highest BCUT2D eigenvalue weighted by molar-refractivity contribution is 6.30. The van der Waals surface area contributed by atoms with Crippen LogP contribution in [0, 0.1) is 6.92 Å². The summed E-state index contributed by atoms with van der Waals surface area (Å²) in [6, 6.07) is 16.7. The van der Waals surface area contributed by atoms with Crippen LogP contribution >= 0.6 is 11.6 Å². The Morgan fingerprint density at radius 3 is 2.41 bits per heavy atom. The molecule has 2 heterocycles. The molecule has 2 aromatic carbocycles. The number of amides is 1. The fourth-order valence-corrected chi connectivity index (χ4v) is 3.28. The van der Waals surface area contributed by atoms with Crippen molar-refractivity contribution < 1.29 is 9.53 Å². The van der Waals surface area contributed by atoms with E-state index in [2.05, 4.69) is 15.3 Å². The van der Waals surface area contributed by atoms with Crippen molar-refractivity contribution in [1.82, 2.24) is 14.9 Å². The van der Waals surface area contributed by atoms with Gasteiger partial charge in [-0.1, -0.05) is 11.6 Å². The molecule has 1 aromatic heterocycles. The Labute approximate surface area is 174 Å². The van der Waals surface area contributed by atoms with Gasteiger partial charge in [0.2, 0.25) is 0 Å². The van der Waals surface area contributed by atoms with Gasteiger partial charge in [-0.25, -0.2) is 9.97 Å². The standard InChI is InChI=1S/C22H21ClN4O2/c1-15-14-20(26-21(24-15)16-2-6-18(23)7-3-16)25-19-8-4-17(5-9-19)22(28)27-10-12-29-13-11-27/h2-9,14H,10-13H2,1H3,(H,24,25,26). The van der Waals surface area contributed by atoms with Crippen molar-refractivity contribution in [3.8, 4) is 11.4 Å². The molecule has 3 aromatic rings. The van der Waals surface area contributed by atoms with Crippen molar-refractivity contribution in [3.05, 3.63) is 70.9 Å². The maximum Gasteiger partial charge on any atom is 0.254 e. The minimum atomic E-state index is 0.0303. The van der Waals surface area contributed by atoms with Crippen LogP contribution in [0.25, 0.3) is 11.4 Å². The first-order valence-electron chi connectivity index (χ1n) is 9.44. The van der Waals surface area contributed by atoms with Crippen molar-refractivity contribution in [3.63, 3.8) is 0 Å². The average Bonchev–Trinajstić information content (AvgIpc) is 2.74. The molecular formula is C22H21ClN4O2. The number of hydrogen-bond acceptors (Lipinski definition) is 5. The van der Waals surface area contributed by atoms with Crippen LogP contribution in [-0.4, -0.2) is 47.1 Å². The molecule has 0 unspecified atom stereocenters. The van der Waals surface area contributed by atoms with Gasteiger partial charge < -0.3 is 15.0 Å². The molecule has 29 heavy (non-hydrogen) atoms. The summed E-state index contributed by atoms with van der Waals surface area (Å²) in [5, 5.41) is 3.96. The highest BCUT2D eigenvalue weighted by Crippen LogP contribution is 2.22. The van der Waals surface area contributed by atoms with Crippen LogP contribution in [0.4, 0.5) is 11.5 Å². The topological polar surface area (TPSA) is 67.4 Å². The van der Waals surface area contributed by atoms with E-state index in [9.17, 15) is 4.79 Å². The SMILES string of the molecule is Cc1cc(Nc2ccc(C(=O)N3CCOCC3)cc2)nc(-c2ccc(Cl)cc2)n1. The Morgan fingerprint density at radius 1 is 1.03 bits per heavy atom. The Kier molecular flexibility index (Phi) is 5.74. The number of aromatic nitrogens is 2. The van der Waals surface area contributed by atoms with Gasteiger partial charge in [0.1, 0.15) is 5.82 Å². The molecule has 1 aliphatic rings. The van der Waals surface area contributed by atoms with Crippen molar-refractivity contribution >= 4 is 29.0 Å². The summed E-state index contributed by atoms with van der Waals surface area (Å²) in [5.74, 6) is 1.35. The lowest BCUT2D eigenvalue weighted by atomic mass is 10.1. The van der Waals surface area contributed by atoms with Crippen molar-refractivity contribution in [2.75, 3.05) is 31.6 Å². The van der Waals surface area contributed by atoms with E-state index in [1.54, 1.807) is 0 Å². The first-order chi connectivity index (χ1) is 14.1. The van der Waals surface area contributed by atoms with Crippen LogP contribution < -0.4 is 5.32 Å². The summed E-state index contributed by atoms with van der Waals surface area (Å²) in [5.41, 5.74) is 3.26. The largest absolute Gasteiger partial charge is 0.378 e. The molecule has 0 atom stereocenters. The molecule has 1 N–H and O–H groups in total. The molecule has 1 saturated heterocycles. The highest BCUT2D eigenvalue weighted by atomic mass is 35.5. The van der Waals surface area contributed by atoms with Gasteiger partial charge in [-0.2, -0.15) is 0 Å². The van der Waals surface area contributed by atoms with E-state index in [4.69, 9.17) is 16.3 Å². The summed E-state index contributed by atoms with van der Waals surface area (Å²) >= 11 is 5.97. The summed E-state index contributed by atoms with van der Waals surface area (Å²) in [6.07, 6.45) is 0. The summed E-state index contributed by atoms with van der Waals surface area (Å²) in [6.45, 7) is 4.37. The van der Waals surface area contributed by atoms with Gasteiger partial charge >= 0.3 is 0 Å². The van der Waals surface area contributed by atoms with Crippen molar-refractivity contribution in [2.24, 2.45) is 0 Å². The molecule has 0 aliphatic carbocycles. The molecule has 0 bridgehead atoms. The summed E-state index contributed by atoms with van der Waals surface area (Å²) in [4.78, 5) is 23.5. The molecule has 0 saturated carbocycles. The molecule has 148 valence electrons. The van der Waals surface area contributed by atoms with Gasteiger partial charge in [0, 0.05) is 46.7 Å². The fourth-order valence-electron chi connectivity index (χ4n) is 3.15. The summed E-state index contributed by atoms with van der Waals surface area (Å²) < 4.78 is 5.31. The first kappa shape index (κ1) is 19.4. The number of halogens is 1. The maximum atomic E-state index is 12.6. The van der Waals surface area contributed by atoms with Crippen LogP contribution in [0.3, 0.4) is 0 Å². The predicted octanol–water partition coefficient (Wildman–Crippen LogP) is 4.32. The van der Waals surface area contributed by atoms with Crippen LogP contribution in [0.2, 0.25) is 5.02 Å². The molecule has 4 rings (SSSR count). The fraction of sp³-hybridized carbons (Fsp3) is 0.227. The minimum Gasteiger partial charge on any atom is -0.378 e. The van der Waals surface area contributed by atoms with Gasteiger partial charge in [0.05, 0.1) is 13.2 Å². The molecule has 6 nitrogen and oxygen atoms in total. The van der Waals surface area contributed by atoms with Gasteiger partial charge in [0.25, 0.3) is 5.91 Å². The van der Waals surface area contributed by atoms with E-state index < -0.39 is 0 Å². The van der Waals surface area contributed by atoms with E-state index in [0.717, 1.165) is 16.9 Å². The molecule has 1 amide bonds. The number of carbonyl (C=O) groups is 1. The number of benzene rings is 2. The van der Waals surface area contributed by atoms with Crippen molar-refractivity contribution in [2.45, 2.75) is 6.92 Å². The second-order valence-electron chi connectivity index (χ2n) is 6.83. The van der Waals surface area contributed by atoms with E-state index in [1.165, 1.54) is 0 Å². The number of anilines is 2. The Morgan fingerprint density at radius 2 is 1.72 bits per heavy atom. The quantitative estimate of drug-likeness (QED) is 0.696. The average molecular weight is 409 g/mol.